The van der Waals surface area contributed by atoms with Gasteiger partial charge < -0.3 is 14.4 Å². The minimum atomic E-state index is 0.463. The van der Waals surface area contributed by atoms with Gasteiger partial charge in [-0.25, -0.2) is 0 Å². The van der Waals surface area contributed by atoms with Crippen LogP contribution in [-0.2, 0) is 6.61 Å². The van der Waals surface area contributed by atoms with Gasteiger partial charge in [-0.05, 0) is 91.0 Å². The summed E-state index contributed by atoms with van der Waals surface area (Å²) in [6.45, 7) is 3.63. The second-order valence-electron chi connectivity index (χ2n) is 8.85. The van der Waals surface area contributed by atoms with Gasteiger partial charge in [0, 0.05) is 23.9 Å². The Labute approximate surface area is 200 Å². The number of nitrogens with zero attached hydrogens (tertiary/aromatic N) is 3. The zero-order valence-corrected chi connectivity index (χ0v) is 19.4. The summed E-state index contributed by atoms with van der Waals surface area (Å²) >= 11 is 0. The van der Waals surface area contributed by atoms with Crippen LogP contribution in [-0.4, -0.2) is 36.6 Å². The first-order valence-corrected chi connectivity index (χ1v) is 11.9. The normalized spacial score (nSPS) is 17.4. The summed E-state index contributed by atoms with van der Waals surface area (Å²) in [5.74, 6) is 2.23. The number of likely N-dealkylation sites (tertiary alicyclic amines) is 1. The molecule has 2 aliphatic rings. The first-order valence-electron chi connectivity index (χ1n) is 11.9. The SMILES string of the molecule is COc1ccc2c(c1)C(=CCCN1CCC(c3ccc(N=O)cc3)CC1)c1cccnc1CO2. The number of hydrogen-bond acceptors (Lipinski definition) is 6. The lowest BCUT2D eigenvalue weighted by atomic mass is 9.89. The van der Waals surface area contributed by atoms with E-state index < -0.39 is 0 Å². The molecular weight excluding hydrogens is 426 g/mol. The first kappa shape index (κ1) is 22.3. The van der Waals surface area contributed by atoms with Gasteiger partial charge in [0.05, 0.1) is 12.8 Å². The molecule has 2 aliphatic heterocycles. The molecule has 0 amide bonds. The monoisotopic (exact) mass is 455 g/mol. The van der Waals surface area contributed by atoms with Crippen molar-refractivity contribution in [1.29, 1.82) is 0 Å². The highest BCUT2D eigenvalue weighted by Gasteiger charge is 2.22. The van der Waals surface area contributed by atoms with E-state index in [1.807, 2.05) is 48.7 Å². The molecule has 0 N–H and O–H groups in total. The van der Waals surface area contributed by atoms with Gasteiger partial charge in [-0.1, -0.05) is 24.3 Å². The van der Waals surface area contributed by atoms with E-state index in [-0.39, 0.29) is 0 Å². The number of pyridine rings is 1. The van der Waals surface area contributed by atoms with E-state index in [9.17, 15) is 4.91 Å². The number of hydrogen-bond donors (Lipinski definition) is 0. The number of aromatic nitrogens is 1. The maximum Gasteiger partial charge on any atom is 0.131 e. The fraction of sp³-hybridized carbons (Fsp3) is 0.321. The molecule has 0 unspecified atom stereocenters. The smallest absolute Gasteiger partial charge is 0.131 e. The van der Waals surface area contributed by atoms with Crippen LogP contribution >= 0.6 is 0 Å². The summed E-state index contributed by atoms with van der Waals surface area (Å²) in [5.41, 5.74) is 6.10. The molecule has 6 nitrogen and oxygen atoms in total. The van der Waals surface area contributed by atoms with Crippen LogP contribution in [0.15, 0.2) is 72.0 Å². The summed E-state index contributed by atoms with van der Waals surface area (Å²) in [4.78, 5) is 17.8. The van der Waals surface area contributed by atoms with Gasteiger partial charge >= 0.3 is 0 Å². The highest BCUT2D eigenvalue weighted by Crippen LogP contribution is 2.38. The molecule has 0 bridgehead atoms. The third-order valence-corrected chi connectivity index (χ3v) is 6.87. The van der Waals surface area contributed by atoms with Crippen LogP contribution in [0.4, 0.5) is 5.69 Å². The Bertz CT molecular complexity index is 1180. The maximum atomic E-state index is 10.7. The van der Waals surface area contributed by atoms with E-state index in [4.69, 9.17) is 9.47 Å². The Hall–Kier alpha value is -3.51. The fourth-order valence-electron chi connectivity index (χ4n) is 4.97. The number of ether oxygens (including phenoxy) is 2. The van der Waals surface area contributed by atoms with E-state index >= 15 is 0 Å². The highest BCUT2D eigenvalue weighted by atomic mass is 16.5. The lowest BCUT2D eigenvalue weighted by molar-refractivity contribution is 0.216. The molecular formula is C28H29N3O3. The highest BCUT2D eigenvalue weighted by molar-refractivity contribution is 5.85. The van der Waals surface area contributed by atoms with Crippen LogP contribution in [0, 0.1) is 4.91 Å². The first-order chi connectivity index (χ1) is 16.7. The molecule has 1 aromatic heterocycles. The van der Waals surface area contributed by atoms with E-state index in [1.165, 1.54) is 5.56 Å². The van der Waals surface area contributed by atoms with Crippen molar-refractivity contribution in [3.63, 3.8) is 0 Å². The molecule has 1 saturated heterocycles. The molecule has 0 radical (unpaired) electrons. The third kappa shape index (κ3) is 4.73. The number of methoxy groups -OCH3 is 1. The lowest BCUT2D eigenvalue weighted by Crippen LogP contribution is -2.33. The molecule has 1 fully saturated rings. The van der Waals surface area contributed by atoms with Crippen LogP contribution in [0.5, 0.6) is 11.5 Å². The molecule has 0 spiro atoms. The number of fused-ring (bicyclic) bond motifs is 2. The predicted molar refractivity (Wildman–Crippen MR) is 134 cm³/mol. The zero-order chi connectivity index (χ0) is 23.3. The number of piperidine rings is 1. The Morgan fingerprint density at radius 2 is 1.94 bits per heavy atom. The summed E-state index contributed by atoms with van der Waals surface area (Å²) in [6.07, 6.45) is 7.36. The minimum Gasteiger partial charge on any atom is -0.497 e. The van der Waals surface area contributed by atoms with Crippen LogP contribution in [0.3, 0.4) is 0 Å². The molecule has 3 heterocycles. The molecule has 34 heavy (non-hydrogen) atoms. The average molecular weight is 456 g/mol. The van der Waals surface area contributed by atoms with Crippen molar-refractivity contribution in [2.24, 2.45) is 5.18 Å². The number of rotatable bonds is 6. The van der Waals surface area contributed by atoms with Crippen molar-refractivity contribution in [3.8, 4) is 11.5 Å². The molecule has 2 aromatic carbocycles. The van der Waals surface area contributed by atoms with E-state index in [0.29, 0.717) is 18.2 Å². The molecule has 0 atom stereocenters. The molecule has 0 saturated carbocycles. The van der Waals surface area contributed by atoms with Gasteiger partial charge in [-0.3, -0.25) is 4.98 Å². The summed E-state index contributed by atoms with van der Waals surface area (Å²) in [7, 11) is 1.69. The standard InChI is InChI=1S/C28H29N3O3/c1-33-23-10-11-28-26(18-23)24(25-4-2-14-29-27(25)19-34-28)5-3-15-31-16-12-21(13-17-31)20-6-8-22(30-32)9-7-20/h2,4-11,14,18,21H,3,12-13,15-17,19H2,1H3. The van der Waals surface area contributed by atoms with Gasteiger partial charge in [0.25, 0.3) is 0 Å². The summed E-state index contributed by atoms with van der Waals surface area (Å²) in [5, 5.41) is 3.00. The van der Waals surface area contributed by atoms with Crippen molar-refractivity contribution < 1.29 is 9.47 Å². The van der Waals surface area contributed by atoms with Gasteiger partial charge in [0.15, 0.2) is 0 Å². The van der Waals surface area contributed by atoms with Gasteiger partial charge in [-0.15, -0.1) is 4.91 Å². The maximum absolute atomic E-state index is 10.7. The van der Waals surface area contributed by atoms with Crippen molar-refractivity contribution in [2.45, 2.75) is 31.8 Å². The van der Waals surface area contributed by atoms with Crippen LogP contribution < -0.4 is 9.47 Å². The van der Waals surface area contributed by atoms with Crippen molar-refractivity contribution in [2.75, 3.05) is 26.7 Å². The van der Waals surface area contributed by atoms with Gasteiger partial charge in [-0.2, -0.15) is 0 Å². The van der Waals surface area contributed by atoms with Crippen LogP contribution in [0.2, 0.25) is 0 Å². The topological polar surface area (TPSA) is 64.0 Å². The Morgan fingerprint density at radius 1 is 1.12 bits per heavy atom. The van der Waals surface area contributed by atoms with Crippen LogP contribution in [0.1, 0.15) is 47.6 Å². The van der Waals surface area contributed by atoms with Gasteiger partial charge in [0.2, 0.25) is 0 Å². The lowest BCUT2D eigenvalue weighted by Gasteiger charge is -2.32. The third-order valence-electron chi connectivity index (χ3n) is 6.87. The quantitative estimate of drug-likeness (QED) is 0.421. The second kappa shape index (κ2) is 10.2. The van der Waals surface area contributed by atoms with Crippen molar-refractivity contribution in [1.82, 2.24) is 9.88 Å². The van der Waals surface area contributed by atoms with Crippen molar-refractivity contribution >= 4 is 11.3 Å². The molecule has 174 valence electrons. The molecule has 3 aromatic rings. The molecule has 6 heteroatoms. The Morgan fingerprint density at radius 3 is 2.71 bits per heavy atom. The largest absolute Gasteiger partial charge is 0.497 e. The second-order valence-corrected chi connectivity index (χ2v) is 8.85. The van der Waals surface area contributed by atoms with E-state index in [0.717, 1.165) is 72.8 Å². The Balaban J connectivity index is 1.28. The van der Waals surface area contributed by atoms with Gasteiger partial charge in [0.1, 0.15) is 23.8 Å². The average Bonchev–Trinajstić information content (AvgIpc) is 3.06. The minimum absolute atomic E-state index is 0.463. The van der Waals surface area contributed by atoms with Crippen LogP contribution in [0.25, 0.3) is 5.57 Å². The molecule has 0 aliphatic carbocycles. The fourth-order valence-corrected chi connectivity index (χ4v) is 4.97. The number of benzene rings is 2. The summed E-state index contributed by atoms with van der Waals surface area (Å²) < 4.78 is 11.6. The van der Waals surface area contributed by atoms with Crippen molar-refractivity contribution in [3.05, 3.63) is 94.2 Å². The zero-order valence-electron chi connectivity index (χ0n) is 19.4. The Kier molecular flexibility index (Phi) is 6.67. The van der Waals surface area contributed by atoms with E-state index in [2.05, 4.69) is 33.3 Å². The number of nitroso groups, excluding NO2 is 1. The van der Waals surface area contributed by atoms with E-state index in [1.54, 1.807) is 7.11 Å². The summed E-state index contributed by atoms with van der Waals surface area (Å²) in [6, 6.07) is 17.8. The molecule has 5 rings (SSSR count). The predicted octanol–water partition coefficient (Wildman–Crippen LogP) is 6.08.